The Hall–Kier alpha value is -1.16. The molecule has 0 spiro atoms. The number of halogens is 1. The van der Waals surface area contributed by atoms with Crippen LogP contribution in [0.3, 0.4) is 0 Å². The van der Waals surface area contributed by atoms with Gasteiger partial charge in [0.25, 0.3) is 0 Å². The van der Waals surface area contributed by atoms with E-state index < -0.39 is 6.04 Å². The molecular weight excluding hydrogens is 379 g/mol. The number of likely N-dealkylation sites (tertiary alicyclic amines) is 1. The molecule has 0 aliphatic carbocycles. The summed E-state index contributed by atoms with van der Waals surface area (Å²) in [6.45, 7) is 1.95. The Morgan fingerprint density at radius 3 is 2.43 bits per heavy atom. The molecule has 0 radical (unpaired) electrons. The summed E-state index contributed by atoms with van der Waals surface area (Å²) in [4.78, 5) is 34.7. The zero-order chi connectivity index (χ0) is 17.4. The van der Waals surface area contributed by atoms with E-state index in [1.54, 1.807) is 4.90 Å². The van der Waals surface area contributed by atoms with E-state index in [9.17, 15) is 14.4 Å². The van der Waals surface area contributed by atoms with Gasteiger partial charge in [-0.3, -0.25) is 4.79 Å². The number of nitrogens with two attached hydrogens (primary N) is 1. The Labute approximate surface area is 150 Å². The van der Waals surface area contributed by atoms with E-state index in [1.165, 1.54) is 6.92 Å². The standard InChI is InChI=1S/C14H19AsN2O2.C2H3ClO/c15-13(18)12-7-4-8-17(12)14(19)11(16)9-10-5-2-1-3-6-10;1-2(3)4/h1-3,5-6,11-12H,4,7-9,15-16H2;1H3/t11-,12+;/m1./s1. The van der Waals surface area contributed by atoms with Gasteiger partial charge in [-0.25, -0.2) is 0 Å². The first-order chi connectivity index (χ1) is 10.8. The molecule has 3 atom stereocenters. The summed E-state index contributed by atoms with van der Waals surface area (Å²) >= 11 is 5.71. The van der Waals surface area contributed by atoms with E-state index in [0.717, 1.165) is 35.3 Å². The van der Waals surface area contributed by atoms with Crippen LogP contribution in [-0.2, 0) is 20.8 Å². The fourth-order valence-corrected chi connectivity index (χ4v) is 3.22. The quantitative estimate of drug-likeness (QED) is 0.589. The third-order valence-corrected chi connectivity index (χ3v) is 4.29. The van der Waals surface area contributed by atoms with Gasteiger partial charge in [-0.15, -0.1) is 0 Å². The van der Waals surface area contributed by atoms with Crippen molar-refractivity contribution >= 4 is 44.2 Å². The molecule has 1 amide bonds. The first kappa shape index (κ1) is 19.9. The summed E-state index contributed by atoms with van der Waals surface area (Å²) < 4.78 is 0.116. The maximum absolute atomic E-state index is 12.3. The van der Waals surface area contributed by atoms with E-state index in [1.807, 2.05) is 30.3 Å². The normalized spacial score (nSPS) is 17.9. The number of benzene rings is 1. The molecular formula is C16H22AsClN2O3. The van der Waals surface area contributed by atoms with Gasteiger partial charge in [-0.1, -0.05) is 0 Å². The van der Waals surface area contributed by atoms with E-state index in [4.69, 9.17) is 5.73 Å². The van der Waals surface area contributed by atoms with Gasteiger partial charge in [0, 0.05) is 6.92 Å². The second-order valence-electron chi connectivity index (χ2n) is 5.36. The summed E-state index contributed by atoms with van der Waals surface area (Å²) in [5.41, 5.74) is 7.04. The molecule has 1 fully saturated rings. The number of carbonyl (C=O) groups is 3. The van der Waals surface area contributed by atoms with Crippen molar-refractivity contribution in [1.82, 2.24) is 4.90 Å². The van der Waals surface area contributed by atoms with Gasteiger partial charge in [-0.05, 0) is 11.6 Å². The van der Waals surface area contributed by atoms with Crippen molar-refractivity contribution in [2.75, 3.05) is 6.54 Å². The molecule has 1 aromatic rings. The summed E-state index contributed by atoms with van der Waals surface area (Å²) in [5, 5.41) is -0.361. The fraction of sp³-hybridized carbons (Fsp3) is 0.438. The van der Waals surface area contributed by atoms with Crippen LogP contribution in [0.1, 0.15) is 25.3 Å². The van der Waals surface area contributed by atoms with Crippen molar-refractivity contribution in [2.45, 2.75) is 38.3 Å². The third kappa shape index (κ3) is 6.86. The van der Waals surface area contributed by atoms with Crippen molar-refractivity contribution in [3.63, 3.8) is 0 Å². The van der Waals surface area contributed by atoms with Crippen LogP contribution in [0, 0.1) is 0 Å². The van der Waals surface area contributed by atoms with Gasteiger partial charge in [0.2, 0.25) is 5.24 Å². The van der Waals surface area contributed by atoms with Crippen LogP contribution in [0.4, 0.5) is 0 Å². The van der Waals surface area contributed by atoms with Crippen LogP contribution in [0.5, 0.6) is 0 Å². The molecule has 2 N–H and O–H groups in total. The summed E-state index contributed by atoms with van der Waals surface area (Å²) in [6.07, 6.45) is 2.19. The van der Waals surface area contributed by atoms with E-state index in [2.05, 4.69) is 11.6 Å². The molecule has 5 nitrogen and oxygen atoms in total. The number of hydrogen-bond acceptors (Lipinski definition) is 4. The molecule has 0 aromatic heterocycles. The average Bonchev–Trinajstić information content (AvgIpc) is 2.96. The van der Waals surface area contributed by atoms with E-state index in [-0.39, 0.29) is 21.8 Å². The maximum atomic E-state index is 12.3. The fourth-order valence-electron chi connectivity index (χ4n) is 2.49. The second-order valence-corrected chi connectivity index (χ2v) is 7.08. The Balaban J connectivity index is 0.000000593. The molecule has 1 heterocycles. The van der Waals surface area contributed by atoms with Crippen molar-refractivity contribution in [3.05, 3.63) is 35.9 Å². The number of rotatable bonds is 4. The second kappa shape index (κ2) is 9.86. The molecule has 7 heteroatoms. The summed E-state index contributed by atoms with van der Waals surface area (Å²) in [5.74, 6) is -0.0997. The number of nitrogens with zero attached hydrogens (tertiary/aromatic N) is 1. The minimum absolute atomic E-state index is 0.0997. The van der Waals surface area contributed by atoms with Gasteiger partial charge in [-0.2, -0.15) is 0 Å². The van der Waals surface area contributed by atoms with Crippen LogP contribution < -0.4 is 5.73 Å². The monoisotopic (exact) mass is 400 g/mol. The van der Waals surface area contributed by atoms with Crippen molar-refractivity contribution in [1.29, 1.82) is 0 Å². The Kier molecular flexibility index (Phi) is 8.53. The molecule has 0 bridgehead atoms. The molecule has 1 unspecified atom stereocenters. The molecule has 1 saturated heterocycles. The summed E-state index contributed by atoms with van der Waals surface area (Å²) in [6, 6.07) is 8.92. The number of hydrogen-bond donors (Lipinski definition) is 1. The number of amides is 1. The van der Waals surface area contributed by atoms with Crippen LogP contribution in [-0.4, -0.2) is 56.1 Å². The van der Waals surface area contributed by atoms with Crippen molar-refractivity contribution in [3.8, 4) is 0 Å². The Morgan fingerprint density at radius 1 is 1.35 bits per heavy atom. The Morgan fingerprint density at radius 2 is 1.91 bits per heavy atom. The van der Waals surface area contributed by atoms with E-state index in [0.29, 0.717) is 13.0 Å². The topological polar surface area (TPSA) is 80.5 Å². The van der Waals surface area contributed by atoms with Gasteiger partial charge in [0.1, 0.15) is 0 Å². The van der Waals surface area contributed by atoms with Gasteiger partial charge in [0.05, 0.1) is 0 Å². The first-order valence-corrected chi connectivity index (χ1v) is 8.97. The average molecular weight is 401 g/mol. The van der Waals surface area contributed by atoms with Crippen molar-refractivity contribution < 1.29 is 14.4 Å². The van der Waals surface area contributed by atoms with Gasteiger partial charge in [0.15, 0.2) is 0 Å². The first-order valence-electron chi connectivity index (χ1n) is 7.38. The van der Waals surface area contributed by atoms with Crippen LogP contribution >= 0.6 is 11.6 Å². The van der Waals surface area contributed by atoms with Gasteiger partial charge >= 0.3 is 121 Å². The summed E-state index contributed by atoms with van der Waals surface area (Å²) in [7, 11) is 0. The molecule has 2 rings (SSSR count). The third-order valence-electron chi connectivity index (χ3n) is 3.48. The van der Waals surface area contributed by atoms with Gasteiger partial charge < -0.3 is 0 Å². The van der Waals surface area contributed by atoms with Crippen LogP contribution in [0.2, 0.25) is 0 Å². The van der Waals surface area contributed by atoms with E-state index >= 15 is 0 Å². The molecule has 0 saturated carbocycles. The predicted molar refractivity (Wildman–Crippen MR) is 92.9 cm³/mol. The zero-order valence-corrected chi connectivity index (χ0v) is 16.3. The minimum atomic E-state index is -0.560. The molecule has 1 aliphatic rings. The van der Waals surface area contributed by atoms with Crippen molar-refractivity contribution in [2.24, 2.45) is 5.73 Å². The zero-order valence-electron chi connectivity index (χ0n) is 13.1. The van der Waals surface area contributed by atoms with Crippen LogP contribution in [0.25, 0.3) is 0 Å². The molecule has 23 heavy (non-hydrogen) atoms. The van der Waals surface area contributed by atoms with Crippen LogP contribution in [0.15, 0.2) is 30.3 Å². The molecule has 1 aromatic carbocycles. The molecule has 1 aliphatic heterocycles. The molecule has 126 valence electrons. The number of carbonyl (C=O) groups excluding carboxylic acids is 3. The SMILES string of the molecule is CC(=O)Cl.N[C@H](Cc1ccccc1)C(=O)N1CCC[C@H]1C(=O)[AsH2]. The predicted octanol–water partition coefficient (Wildman–Crippen LogP) is 0.479. The Bertz CT molecular complexity index is 550.